The number of cyclic esters (lactones) is 1. The van der Waals surface area contributed by atoms with Crippen LogP contribution in [-0.2, 0) is 9.53 Å². The molecule has 0 radical (unpaired) electrons. The number of aliphatic hydroxyl groups is 2. The fraction of sp³-hybridized carbons (Fsp3) is 0.750. The van der Waals surface area contributed by atoms with Crippen molar-refractivity contribution in [2.24, 2.45) is 0 Å². The van der Waals surface area contributed by atoms with Gasteiger partial charge in [0.2, 0.25) is 0 Å². The van der Waals surface area contributed by atoms with Crippen LogP contribution in [0.25, 0.3) is 0 Å². The van der Waals surface area contributed by atoms with Gasteiger partial charge in [0.25, 0.3) is 0 Å². The van der Waals surface area contributed by atoms with Crippen molar-refractivity contribution in [1.82, 2.24) is 0 Å². The molecule has 0 unspecified atom stereocenters. The van der Waals surface area contributed by atoms with E-state index in [-0.39, 0.29) is 12.1 Å². The summed E-state index contributed by atoms with van der Waals surface area (Å²) in [5.41, 5.74) is 0. The molecule has 4 nitrogen and oxygen atoms in total. The molecular weight excluding hydrogens is 208 g/mol. The molecule has 4 heteroatoms. The largest absolute Gasteiger partial charge is 0.452 e. The van der Waals surface area contributed by atoms with Gasteiger partial charge in [0.1, 0.15) is 6.10 Å². The molecule has 0 spiro atoms. The van der Waals surface area contributed by atoms with Gasteiger partial charge in [-0.05, 0) is 25.8 Å². The van der Waals surface area contributed by atoms with E-state index in [1.165, 1.54) is 6.08 Å². The lowest BCUT2D eigenvalue weighted by Gasteiger charge is -2.15. The number of hydrogen-bond donors (Lipinski definition) is 2. The second-order valence-electron chi connectivity index (χ2n) is 4.31. The Morgan fingerprint density at radius 1 is 1.31 bits per heavy atom. The van der Waals surface area contributed by atoms with Crippen molar-refractivity contribution < 1.29 is 19.7 Å². The molecule has 0 fully saturated rings. The maximum atomic E-state index is 10.8. The molecule has 0 aromatic carbocycles. The molecule has 0 saturated heterocycles. The van der Waals surface area contributed by atoms with E-state index in [9.17, 15) is 9.90 Å². The average molecular weight is 228 g/mol. The zero-order valence-electron chi connectivity index (χ0n) is 9.63. The highest BCUT2D eigenvalue weighted by atomic mass is 16.6. The highest BCUT2D eigenvalue weighted by molar-refractivity contribution is 5.84. The summed E-state index contributed by atoms with van der Waals surface area (Å²) < 4.78 is 4.88. The van der Waals surface area contributed by atoms with Crippen molar-refractivity contribution in [3.63, 3.8) is 0 Å². The van der Waals surface area contributed by atoms with Gasteiger partial charge in [-0.2, -0.15) is 0 Å². The van der Waals surface area contributed by atoms with E-state index < -0.39 is 12.2 Å². The standard InChI is InChI=1S/C12H20O4/c1-9(13)5-3-2-4-6-10(14)11-7-8-12(15)16-11/h7-11,13-14H,2-6H2,1H3/t9-,10+,11-/m1/s1. The summed E-state index contributed by atoms with van der Waals surface area (Å²) in [6.45, 7) is 1.78. The van der Waals surface area contributed by atoms with Crippen molar-refractivity contribution in [3.8, 4) is 0 Å². The molecule has 0 bridgehead atoms. The molecule has 1 aliphatic rings. The molecule has 3 atom stereocenters. The lowest BCUT2D eigenvalue weighted by molar-refractivity contribution is -0.142. The second-order valence-corrected chi connectivity index (χ2v) is 4.31. The molecule has 0 aromatic heterocycles. The van der Waals surface area contributed by atoms with Crippen LogP contribution >= 0.6 is 0 Å². The number of carbonyl (C=O) groups excluding carboxylic acids is 1. The molecule has 92 valence electrons. The summed E-state index contributed by atoms with van der Waals surface area (Å²) >= 11 is 0. The van der Waals surface area contributed by atoms with E-state index in [1.54, 1.807) is 13.0 Å². The number of hydrogen-bond acceptors (Lipinski definition) is 4. The Kier molecular flexibility index (Phi) is 5.49. The molecule has 1 rings (SSSR count). The van der Waals surface area contributed by atoms with Gasteiger partial charge in [-0.1, -0.05) is 19.3 Å². The van der Waals surface area contributed by atoms with Crippen molar-refractivity contribution in [2.75, 3.05) is 0 Å². The molecule has 1 aliphatic heterocycles. The first-order valence-corrected chi connectivity index (χ1v) is 5.84. The highest BCUT2D eigenvalue weighted by Crippen LogP contribution is 2.15. The molecule has 16 heavy (non-hydrogen) atoms. The third-order valence-corrected chi connectivity index (χ3v) is 2.68. The summed E-state index contributed by atoms with van der Waals surface area (Å²) in [6.07, 6.45) is 5.88. The number of unbranched alkanes of at least 4 members (excludes halogenated alkanes) is 2. The zero-order chi connectivity index (χ0) is 12.0. The van der Waals surface area contributed by atoms with Crippen LogP contribution in [0.5, 0.6) is 0 Å². The molecule has 0 saturated carbocycles. The summed E-state index contributed by atoms with van der Waals surface area (Å²) in [6, 6.07) is 0. The van der Waals surface area contributed by atoms with Gasteiger partial charge in [-0.15, -0.1) is 0 Å². The Hall–Kier alpha value is -0.870. The number of aliphatic hydroxyl groups excluding tert-OH is 2. The van der Waals surface area contributed by atoms with E-state index in [0.29, 0.717) is 6.42 Å². The van der Waals surface area contributed by atoms with Crippen LogP contribution < -0.4 is 0 Å². The minimum atomic E-state index is -0.603. The van der Waals surface area contributed by atoms with Crippen LogP contribution in [0.2, 0.25) is 0 Å². The van der Waals surface area contributed by atoms with Crippen LogP contribution in [-0.4, -0.2) is 34.5 Å². The average Bonchev–Trinajstić information content (AvgIpc) is 2.63. The maximum absolute atomic E-state index is 10.8. The minimum Gasteiger partial charge on any atom is -0.452 e. The number of esters is 1. The van der Waals surface area contributed by atoms with Gasteiger partial charge >= 0.3 is 5.97 Å². The second kappa shape index (κ2) is 6.66. The number of rotatable bonds is 7. The van der Waals surface area contributed by atoms with E-state index in [4.69, 9.17) is 9.84 Å². The topological polar surface area (TPSA) is 66.8 Å². The maximum Gasteiger partial charge on any atom is 0.331 e. The zero-order valence-corrected chi connectivity index (χ0v) is 9.63. The number of carbonyl (C=O) groups is 1. The summed E-state index contributed by atoms with van der Waals surface area (Å²) in [4.78, 5) is 10.8. The highest BCUT2D eigenvalue weighted by Gasteiger charge is 2.23. The molecule has 2 N–H and O–H groups in total. The van der Waals surface area contributed by atoms with E-state index >= 15 is 0 Å². The van der Waals surface area contributed by atoms with E-state index in [0.717, 1.165) is 25.7 Å². The van der Waals surface area contributed by atoms with Gasteiger partial charge in [0, 0.05) is 6.08 Å². The van der Waals surface area contributed by atoms with Gasteiger partial charge in [-0.3, -0.25) is 0 Å². The summed E-state index contributed by atoms with van der Waals surface area (Å²) in [5.74, 6) is -0.377. The Balaban J connectivity index is 2.04. The fourth-order valence-electron chi connectivity index (χ4n) is 1.73. The normalized spacial score (nSPS) is 23.2. The lowest BCUT2D eigenvalue weighted by atomic mass is 10.0. The van der Waals surface area contributed by atoms with Gasteiger partial charge in [0.05, 0.1) is 12.2 Å². The van der Waals surface area contributed by atoms with Gasteiger partial charge in [-0.25, -0.2) is 4.79 Å². The molecule has 0 aromatic rings. The van der Waals surface area contributed by atoms with E-state index in [2.05, 4.69) is 0 Å². The van der Waals surface area contributed by atoms with Crippen molar-refractivity contribution in [2.45, 2.75) is 57.3 Å². The molecular formula is C12H20O4. The van der Waals surface area contributed by atoms with Crippen molar-refractivity contribution in [3.05, 3.63) is 12.2 Å². The van der Waals surface area contributed by atoms with Crippen LogP contribution in [0.15, 0.2) is 12.2 Å². The Morgan fingerprint density at radius 3 is 2.56 bits per heavy atom. The quantitative estimate of drug-likeness (QED) is 0.507. The first-order valence-electron chi connectivity index (χ1n) is 5.84. The van der Waals surface area contributed by atoms with E-state index in [1.807, 2.05) is 0 Å². The fourth-order valence-corrected chi connectivity index (χ4v) is 1.73. The first-order chi connectivity index (χ1) is 7.59. The Labute approximate surface area is 95.9 Å². The minimum absolute atomic E-state index is 0.247. The predicted molar refractivity (Wildman–Crippen MR) is 59.8 cm³/mol. The summed E-state index contributed by atoms with van der Waals surface area (Å²) in [5, 5.41) is 18.7. The number of ether oxygens (including phenoxy) is 1. The van der Waals surface area contributed by atoms with Crippen LogP contribution in [0.3, 0.4) is 0 Å². The van der Waals surface area contributed by atoms with Crippen LogP contribution in [0, 0.1) is 0 Å². The van der Waals surface area contributed by atoms with Gasteiger partial charge < -0.3 is 14.9 Å². The smallest absolute Gasteiger partial charge is 0.331 e. The van der Waals surface area contributed by atoms with Crippen molar-refractivity contribution >= 4 is 5.97 Å². The third kappa shape index (κ3) is 4.77. The molecule has 0 amide bonds. The monoisotopic (exact) mass is 228 g/mol. The summed E-state index contributed by atoms with van der Waals surface area (Å²) in [7, 11) is 0. The first kappa shape index (κ1) is 13.2. The predicted octanol–water partition coefficient (Wildman–Crippen LogP) is 1.16. The van der Waals surface area contributed by atoms with Crippen LogP contribution in [0.4, 0.5) is 0 Å². The SMILES string of the molecule is C[C@@H](O)CCCCC[C@H](O)[C@H]1C=CC(=O)O1. The van der Waals surface area contributed by atoms with Gasteiger partial charge in [0.15, 0.2) is 0 Å². The Bertz CT molecular complexity index is 247. The lowest BCUT2D eigenvalue weighted by Crippen LogP contribution is -2.25. The third-order valence-electron chi connectivity index (χ3n) is 2.68. The van der Waals surface area contributed by atoms with Crippen LogP contribution in [0.1, 0.15) is 39.0 Å². The van der Waals surface area contributed by atoms with Crippen molar-refractivity contribution in [1.29, 1.82) is 0 Å². The molecule has 0 aliphatic carbocycles. The molecule has 1 heterocycles. The Morgan fingerprint density at radius 2 is 2.00 bits per heavy atom.